The first-order valence-corrected chi connectivity index (χ1v) is 5.08. The molecule has 3 N–H and O–H groups in total. The lowest BCUT2D eigenvalue weighted by Gasteiger charge is -2.08. The van der Waals surface area contributed by atoms with Crippen LogP contribution in [-0.4, -0.2) is 31.6 Å². The van der Waals surface area contributed by atoms with E-state index in [1.165, 1.54) is 0 Å². The third-order valence-electron chi connectivity index (χ3n) is 2.30. The van der Waals surface area contributed by atoms with E-state index in [0.717, 1.165) is 5.56 Å². The van der Waals surface area contributed by atoms with Crippen LogP contribution >= 0.6 is 0 Å². The molecule has 0 aliphatic carbocycles. The lowest BCUT2D eigenvalue weighted by molar-refractivity contribution is 0.101. The summed E-state index contributed by atoms with van der Waals surface area (Å²) in [4.78, 5) is 11.6. The molecule has 1 amide bonds. The Morgan fingerprint density at radius 3 is 3.00 bits per heavy atom. The van der Waals surface area contributed by atoms with Gasteiger partial charge in [0.1, 0.15) is 5.75 Å². The van der Waals surface area contributed by atoms with Crippen molar-refractivity contribution in [3.8, 4) is 5.75 Å². The fourth-order valence-electron chi connectivity index (χ4n) is 1.41. The van der Waals surface area contributed by atoms with Gasteiger partial charge in [0.2, 0.25) is 0 Å². The van der Waals surface area contributed by atoms with Crippen LogP contribution in [0.4, 0.5) is 5.69 Å². The molecule has 0 saturated heterocycles. The molecule has 0 aliphatic rings. The number of phenolic OH excluding ortho intramolecular Hbond substituents is 1. The molecule has 0 aliphatic heterocycles. The fraction of sp³-hybridized carbons (Fsp3) is 0.200. The third kappa shape index (κ3) is 2.22. The number of aromatic hydroxyl groups is 1. The van der Waals surface area contributed by atoms with E-state index in [1.807, 2.05) is 6.92 Å². The number of anilines is 1. The molecule has 0 fully saturated rings. The molecule has 0 atom stereocenters. The summed E-state index contributed by atoms with van der Waals surface area (Å²) in [6.07, 6.45) is 0.678. The maximum absolute atomic E-state index is 11.6. The lowest BCUT2D eigenvalue weighted by Crippen LogP contribution is -2.14. The second-order valence-corrected chi connectivity index (χ2v) is 3.36. The number of aromatic nitrogens is 4. The van der Waals surface area contributed by atoms with Gasteiger partial charge in [0.25, 0.3) is 11.7 Å². The predicted molar refractivity (Wildman–Crippen MR) is 59.6 cm³/mol. The highest BCUT2D eigenvalue weighted by atomic mass is 16.3. The minimum absolute atomic E-state index is 0.0619. The number of aryl methyl sites for hydroxylation is 1. The number of nitrogens with zero attached hydrogens (tertiary/aromatic N) is 3. The SMILES string of the molecule is CCc1cccc(NC(=O)c2nn[nH]n2)c1O. The van der Waals surface area contributed by atoms with Crippen LogP contribution in [0.3, 0.4) is 0 Å². The molecule has 0 radical (unpaired) electrons. The average molecular weight is 233 g/mol. The number of aromatic amines is 1. The van der Waals surface area contributed by atoms with Crippen molar-refractivity contribution in [1.29, 1.82) is 0 Å². The zero-order chi connectivity index (χ0) is 12.3. The minimum Gasteiger partial charge on any atom is -0.505 e. The number of phenols is 1. The summed E-state index contributed by atoms with van der Waals surface area (Å²) in [7, 11) is 0. The molecule has 2 rings (SSSR count). The molecule has 0 saturated carbocycles. The van der Waals surface area contributed by atoms with Gasteiger partial charge in [-0.1, -0.05) is 19.1 Å². The van der Waals surface area contributed by atoms with E-state index in [2.05, 4.69) is 25.9 Å². The number of para-hydroxylation sites is 1. The molecule has 7 nitrogen and oxygen atoms in total. The summed E-state index contributed by atoms with van der Waals surface area (Å²) >= 11 is 0. The molecule has 1 heterocycles. The molecule has 17 heavy (non-hydrogen) atoms. The molecule has 88 valence electrons. The van der Waals surface area contributed by atoms with Gasteiger partial charge in [-0.05, 0) is 23.3 Å². The van der Waals surface area contributed by atoms with Crippen LogP contribution in [0.1, 0.15) is 23.1 Å². The third-order valence-corrected chi connectivity index (χ3v) is 2.30. The van der Waals surface area contributed by atoms with Gasteiger partial charge in [0.15, 0.2) is 0 Å². The highest BCUT2D eigenvalue weighted by Crippen LogP contribution is 2.27. The van der Waals surface area contributed by atoms with Gasteiger partial charge in [-0.25, -0.2) is 0 Å². The van der Waals surface area contributed by atoms with E-state index < -0.39 is 5.91 Å². The number of H-pyrrole nitrogens is 1. The summed E-state index contributed by atoms with van der Waals surface area (Å²) < 4.78 is 0. The van der Waals surface area contributed by atoms with E-state index in [1.54, 1.807) is 18.2 Å². The van der Waals surface area contributed by atoms with E-state index in [-0.39, 0.29) is 11.6 Å². The number of tetrazole rings is 1. The summed E-state index contributed by atoms with van der Waals surface area (Å²) in [5.74, 6) is -0.541. The van der Waals surface area contributed by atoms with Crippen molar-refractivity contribution in [1.82, 2.24) is 20.6 Å². The molecular formula is C10H11N5O2. The number of rotatable bonds is 3. The fourth-order valence-corrected chi connectivity index (χ4v) is 1.41. The maximum atomic E-state index is 11.6. The second-order valence-electron chi connectivity index (χ2n) is 3.36. The highest BCUT2D eigenvalue weighted by Gasteiger charge is 2.13. The summed E-state index contributed by atoms with van der Waals surface area (Å²) in [6.45, 7) is 1.92. The van der Waals surface area contributed by atoms with Crippen LogP contribution in [0, 0.1) is 0 Å². The minimum atomic E-state index is -0.526. The predicted octanol–water partition coefficient (Wildman–Crippen LogP) is 0.720. The lowest BCUT2D eigenvalue weighted by atomic mass is 10.1. The topological polar surface area (TPSA) is 104 Å². The average Bonchev–Trinajstić information content (AvgIpc) is 2.85. The van der Waals surface area contributed by atoms with Crippen LogP contribution in [-0.2, 0) is 6.42 Å². The monoisotopic (exact) mass is 233 g/mol. The number of amides is 1. The highest BCUT2D eigenvalue weighted by molar-refractivity contribution is 6.02. The molecule has 0 spiro atoms. The van der Waals surface area contributed by atoms with Crippen molar-refractivity contribution < 1.29 is 9.90 Å². The van der Waals surface area contributed by atoms with Gasteiger partial charge in [-0.15, -0.1) is 10.2 Å². The summed E-state index contributed by atoms with van der Waals surface area (Å²) in [5, 5.41) is 24.9. The van der Waals surface area contributed by atoms with Crippen molar-refractivity contribution in [2.75, 3.05) is 5.32 Å². The van der Waals surface area contributed by atoms with Crippen LogP contribution in [0.2, 0.25) is 0 Å². The Kier molecular flexibility index (Phi) is 2.99. The molecule has 0 bridgehead atoms. The number of carbonyl (C=O) groups excluding carboxylic acids is 1. The molecule has 0 unspecified atom stereocenters. The van der Waals surface area contributed by atoms with Crippen molar-refractivity contribution in [2.45, 2.75) is 13.3 Å². The van der Waals surface area contributed by atoms with Crippen LogP contribution < -0.4 is 5.32 Å². The summed E-state index contributed by atoms with van der Waals surface area (Å²) in [5.41, 5.74) is 1.09. The van der Waals surface area contributed by atoms with Crippen LogP contribution in [0.15, 0.2) is 18.2 Å². The first kappa shape index (κ1) is 11.1. The second kappa shape index (κ2) is 4.60. The molecular weight excluding hydrogens is 222 g/mol. The normalized spacial score (nSPS) is 10.2. The Morgan fingerprint density at radius 1 is 1.53 bits per heavy atom. The van der Waals surface area contributed by atoms with Gasteiger partial charge in [-0.3, -0.25) is 4.79 Å². The zero-order valence-corrected chi connectivity index (χ0v) is 9.14. The van der Waals surface area contributed by atoms with Crippen molar-refractivity contribution in [2.24, 2.45) is 0 Å². The van der Waals surface area contributed by atoms with Gasteiger partial charge in [0.05, 0.1) is 5.69 Å². The van der Waals surface area contributed by atoms with Gasteiger partial charge in [-0.2, -0.15) is 5.21 Å². The Labute approximate surface area is 96.9 Å². The largest absolute Gasteiger partial charge is 0.505 e. The molecule has 7 heteroatoms. The zero-order valence-electron chi connectivity index (χ0n) is 9.14. The molecule has 1 aromatic carbocycles. The Morgan fingerprint density at radius 2 is 2.35 bits per heavy atom. The smallest absolute Gasteiger partial charge is 0.297 e. The van der Waals surface area contributed by atoms with Crippen LogP contribution in [0.5, 0.6) is 5.75 Å². The first-order chi connectivity index (χ1) is 8.22. The number of nitrogens with one attached hydrogen (secondary N) is 2. The maximum Gasteiger partial charge on any atom is 0.297 e. The summed E-state index contributed by atoms with van der Waals surface area (Å²) in [6, 6.07) is 5.15. The van der Waals surface area contributed by atoms with Gasteiger partial charge < -0.3 is 10.4 Å². The van der Waals surface area contributed by atoms with Gasteiger partial charge in [0, 0.05) is 0 Å². The van der Waals surface area contributed by atoms with E-state index >= 15 is 0 Å². The quantitative estimate of drug-likeness (QED) is 0.677. The first-order valence-electron chi connectivity index (χ1n) is 5.08. The van der Waals surface area contributed by atoms with E-state index in [4.69, 9.17) is 0 Å². The van der Waals surface area contributed by atoms with E-state index in [9.17, 15) is 9.90 Å². The molecule has 1 aromatic heterocycles. The van der Waals surface area contributed by atoms with Crippen LogP contribution in [0.25, 0.3) is 0 Å². The Balaban J connectivity index is 2.22. The van der Waals surface area contributed by atoms with Gasteiger partial charge >= 0.3 is 0 Å². The number of hydrogen-bond acceptors (Lipinski definition) is 5. The Hall–Kier alpha value is -2.44. The van der Waals surface area contributed by atoms with Crippen molar-refractivity contribution >= 4 is 11.6 Å². The number of hydrogen-bond donors (Lipinski definition) is 3. The Bertz CT molecular complexity index is 523. The standard InChI is InChI=1S/C10H11N5O2/c1-2-6-4-3-5-7(8(6)16)11-10(17)9-12-14-15-13-9/h3-5,16H,2H2,1H3,(H,11,17)(H,12,13,14,15). The number of benzene rings is 1. The van der Waals surface area contributed by atoms with Crippen molar-refractivity contribution in [3.63, 3.8) is 0 Å². The number of carbonyl (C=O) groups is 1. The molecule has 2 aromatic rings. The van der Waals surface area contributed by atoms with E-state index in [0.29, 0.717) is 12.1 Å². The van der Waals surface area contributed by atoms with Crippen molar-refractivity contribution in [3.05, 3.63) is 29.6 Å².